The fourth-order valence-corrected chi connectivity index (χ4v) is 11.2. The second kappa shape index (κ2) is 16.5. The lowest BCUT2D eigenvalue weighted by atomic mass is 9.55. The normalized spacial score (nSPS) is 30.4. The van der Waals surface area contributed by atoms with Gasteiger partial charge in [-0.1, -0.05) is 19.4 Å². The third-order valence-corrected chi connectivity index (χ3v) is 13.7. The van der Waals surface area contributed by atoms with Gasteiger partial charge in [0.15, 0.2) is 0 Å². The summed E-state index contributed by atoms with van der Waals surface area (Å²) < 4.78 is 16.1. The lowest BCUT2D eigenvalue weighted by Gasteiger charge is -2.50. The highest BCUT2D eigenvalue weighted by atomic mass is 32.2. The average Bonchev–Trinajstić information content (AvgIpc) is 3.77. The Morgan fingerprint density at radius 3 is 2.71 bits per heavy atom. The van der Waals surface area contributed by atoms with Gasteiger partial charge in [0.25, 0.3) is 0 Å². The van der Waals surface area contributed by atoms with Crippen LogP contribution in [0.2, 0.25) is 0 Å². The number of amides is 4. The zero-order chi connectivity index (χ0) is 36.1. The minimum atomic E-state index is -0.657. The molecule has 2 aliphatic heterocycles. The minimum absolute atomic E-state index is 0.0380. The van der Waals surface area contributed by atoms with Crippen LogP contribution in [-0.2, 0) is 35.0 Å². The van der Waals surface area contributed by atoms with Crippen LogP contribution in [0, 0.1) is 17.3 Å². The number of phenolic OH excluding ortho intramolecular Hbond substituents is 1. The number of aromatic hydroxyl groups is 1. The molecule has 12 nitrogen and oxygen atoms in total. The number of methoxy groups -OCH3 is 1. The highest BCUT2D eigenvalue weighted by molar-refractivity contribution is 8.00. The van der Waals surface area contributed by atoms with Crippen LogP contribution in [0.5, 0.6) is 5.75 Å². The molecule has 7 unspecified atom stereocenters. The van der Waals surface area contributed by atoms with E-state index in [9.17, 15) is 29.1 Å². The second-order valence-electron chi connectivity index (χ2n) is 15.2. The van der Waals surface area contributed by atoms with Crippen molar-refractivity contribution in [3.05, 3.63) is 29.3 Å². The molecule has 51 heavy (non-hydrogen) atoms. The van der Waals surface area contributed by atoms with E-state index in [-0.39, 0.29) is 66.1 Å². The van der Waals surface area contributed by atoms with Crippen molar-refractivity contribution in [2.75, 3.05) is 26.0 Å². The van der Waals surface area contributed by atoms with Crippen molar-refractivity contribution in [1.82, 2.24) is 15.5 Å². The molecule has 4 fully saturated rings. The molecule has 13 heteroatoms. The SMILES string of the molecule is COC(=O)CCCCC1SCC2C1NC(=O)N2C(=O)OCCCCNC(=O)CCC(=O)O[C@H]1CCC2C3CCc4cc(O)ccc4C3CCC21C. The first-order valence-corrected chi connectivity index (χ1v) is 19.9. The first kappa shape index (κ1) is 37.3. The quantitative estimate of drug-likeness (QED) is 0.0955. The average molecular weight is 728 g/mol. The Kier molecular flexibility index (Phi) is 12.0. The maximum absolute atomic E-state index is 12.9. The Balaban J connectivity index is 0.838. The second-order valence-corrected chi connectivity index (χ2v) is 16.4. The molecule has 2 saturated heterocycles. The van der Waals surface area contributed by atoms with Crippen molar-refractivity contribution in [2.24, 2.45) is 17.3 Å². The molecule has 280 valence electrons. The summed E-state index contributed by atoms with van der Waals surface area (Å²) in [4.78, 5) is 63.2. The minimum Gasteiger partial charge on any atom is -0.508 e. The number of phenols is 1. The van der Waals surface area contributed by atoms with Gasteiger partial charge in [-0.05, 0) is 105 Å². The zero-order valence-electron chi connectivity index (χ0n) is 29.9. The lowest BCUT2D eigenvalue weighted by molar-refractivity contribution is -0.158. The van der Waals surface area contributed by atoms with Gasteiger partial charge in [0.05, 0.1) is 32.2 Å². The summed E-state index contributed by atoms with van der Waals surface area (Å²) >= 11 is 1.72. The summed E-state index contributed by atoms with van der Waals surface area (Å²) in [5.41, 5.74) is 2.60. The maximum atomic E-state index is 12.9. The number of nitrogens with one attached hydrogen (secondary N) is 2. The lowest BCUT2D eigenvalue weighted by Crippen LogP contribution is -2.45. The predicted octanol–water partition coefficient (Wildman–Crippen LogP) is 5.58. The number of benzene rings is 1. The van der Waals surface area contributed by atoms with Crippen LogP contribution in [0.15, 0.2) is 18.2 Å². The van der Waals surface area contributed by atoms with E-state index in [0.29, 0.717) is 55.1 Å². The summed E-state index contributed by atoms with van der Waals surface area (Å²) in [6.45, 7) is 2.81. The summed E-state index contributed by atoms with van der Waals surface area (Å²) in [5, 5.41) is 15.9. The standard InChI is InChI=1S/C38H53N3O9S/c1-38-18-17-26-25-12-10-24(42)21-23(25)9-11-27(26)28(38)13-14-31(38)50-34(45)16-15-32(43)39-19-5-6-20-49-37(47)41-29-22-51-30(35(29)40-36(41)46)7-3-4-8-33(44)48-2/h10,12,21,26-31,35,42H,3-9,11,13-20,22H2,1-2H3,(H,39,43)(H,40,46)/t26?,27?,28?,29?,30?,31-,35?,38?/m0/s1. The number of urea groups is 1. The van der Waals surface area contributed by atoms with E-state index in [2.05, 4.69) is 28.4 Å². The Morgan fingerprint density at radius 1 is 1.04 bits per heavy atom. The number of imide groups is 1. The van der Waals surface area contributed by atoms with Crippen molar-refractivity contribution in [3.63, 3.8) is 0 Å². The number of thioether (sulfide) groups is 1. The van der Waals surface area contributed by atoms with E-state index in [1.807, 2.05) is 6.07 Å². The van der Waals surface area contributed by atoms with Gasteiger partial charge in [-0.15, -0.1) is 0 Å². The van der Waals surface area contributed by atoms with Gasteiger partial charge in [0, 0.05) is 35.8 Å². The summed E-state index contributed by atoms with van der Waals surface area (Å²) in [6.07, 6.45) is 9.23. The van der Waals surface area contributed by atoms with Crippen molar-refractivity contribution < 1.29 is 43.3 Å². The number of carbonyl (C=O) groups is 5. The van der Waals surface area contributed by atoms with Crippen LogP contribution in [0.3, 0.4) is 0 Å². The fraction of sp³-hybridized carbons (Fsp3) is 0.711. The maximum Gasteiger partial charge on any atom is 0.418 e. The summed E-state index contributed by atoms with van der Waals surface area (Å²) in [7, 11) is 1.38. The molecule has 1 aromatic carbocycles. The number of fused-ring (bicyclic) bond motifs is 6. The first-order chi connectivity index (χ1) is 24.6. The van der Waals surface area contributed by atoms with Crippen LogP contribution in [-0.4, -0.2) is 89.4 Å². The molecule has 5 aliphatic rings. The smallest absolute Gasteiger partial charge is 0.418 e. The van der Waals surface area contributed by atoms with E-state index in [4.69, 9.17) is 9.47 Å². The summed E-state index contributed by atoms with van der Waals surface area (Å²) in [5.74, 6) is 1.77. The molecule has 2 heterocycles. The molecule has 0 bridgehead atoms. The van der Waals surface area contributed by atoms with E-state index in [0.717, 1.165) is 57.8 Å². The van der Waals surface area contributed by atoms with Crippen molar-refractivity contribution in [3.8, 4) is 5.75 Å². The molecular weight excluding hydrogens is 674 g/mol. The van der Waals surface area contributed by atoms with Gasteiger partial charge in [-0.3, -0.25) is 14.4 Å². The Labute approximate surface area is 304 Å². The molecular formula is C38H53N3O9S. The molecule has 0 spiro atoms. The van der Waals surface area contributed by atoms with Crippen LogP contribution < -0.4 is 10.6 Å². The molecule has 3 aliphatic carbocycles. The third kappa shape index (κ3) is 8.28. The van der Waals surface area contributed by atoms with Crippen LogP contribution in [0.4, 0.5) is 9.59 Å². The van der Waals surface area contributed by atoms with E-state index in [1.54, 1.807) is 17.8 Å². The van der Waals surface area contributed by atoms with Gasteiger partial charge >= 0.3 is 24.1 Å². The molecule has 4 amide bonds. The molecule has 0 radical (unpaired) electrons. The number of esters is 2. The highest BCUT2D eigenvalue weighted by Gasteiger charge is 2.56. The van der Waals surface area contributed by atoms with Crippen molar-refractivity contribution in [2.45, 2.75) is 126 Å². The Bertz CT molecular complexity index is 1470. The Hall–Kier alpha value is -3.48. The highest BCUT2D eigenvalue weighted by Crippen LogP contribution is 2.61. The zero-order valence-corrected chi connectivity index (χ0v) is 30.7. The number of unbranched alkanes of at least 4 members (excludes halogenated alkanes) is 2. The van der Waals surface area contributed by atoms with E-state index < -0.39 is 12.1 Å². The largest absolute Gasteiger partial charge is 0.508 e. The number of aryl methyl sites for hydroxylation is 1. The number of hydrogen-bond acceptors (Lipinski definition) is 10. The van der Waals surface area contributed by atoms with Gasteiger partial charge in [0.1, 0.15) is 11.9 Å². The number of hydrogen-bond donors (Lipinski definition) is 3. The van der Waals surface area contributed by atoms with Gasteiger partial charge in [0.2, 0.25) is 5.91 Å². The molecule has 2 saturated carbocycles. The van der Waals surface area contributed by atoms with E-state index in [1.165, 1.54) is 23.1 Å². The van der Waals surface area contributed by atoms with Gasteiger partial charge in [-0.25, -0.2) is 14.5 Å². The number of rotatable bonds is 14. The fourth-order valence-electron chi connectivity index (χ4n) is 9.58. The topological polar surface area (TPSA) is 161 Å². The van der Waals surface area contributed by atoms with Crippen molar-refractivity contribution >= 4 is 41.7 Å². The van der Waals surface area contributed by atoms with Crippen LogP contribution in [0.1, 0.15) is 107 Å². The van der Waals surface area contributed by atoms with Gasteiger partial charge < -0.3 is 30.0 Å². The molecule has 1 aromatic rings. The third-order valence-electron chi connectivity index (χ3n) is 12.3. The molecule has 3 N–H and O–H groups in total. The number of carbonyl (C=O) groups excluding carboxylic acids is 5. The Morgan fingerprint density at radius 2 is 1.88 bits per heavy atom. The van der Waals surface area contributed by atoms with Crippen molar-refractivity contribution in [1.29, 1.82) is 0 Å². The van der Waals surface area contributed by atoms with Crippen LogP contribution >= 0.6 is 11.8 Å². The molecule has 8 atom stereocenters. The predicted molar refractivity (Wildman–Crippen MR) is 190 cm³/mol. The van der Waals surface area contributed by atoms with E-state index >= 15 is 0 Å². The van der Waals surface area contributed by atoms with Crippen LogP contribution in [0.25, 0.3) is 0 Å². The first-order valence-electron chi connectivity index (χ1n) is 18.8. The molecule has 0 aromatic heterocycles. The summed E-state index contributed by atoms with van der Waals surface area (Å²) in [6, 6.07) is 5.00. The number of ether oxygens (including phenoxy) is 3. The van der Waals surface area contributed by atoms with Gasteiger partial charge in [-0.2, -0.15) is 11.8 Å². The monoisotopic (exact) mass is 727 g/mol. The number of nitrogens with zero attached hydrogens (tertiary/aromatic N) is 1. The molecule has 6 rings (SSSR count).